The first-order valence-electron chi connectivity index (χ1n) is 17.3. The lowest BCUT2D eigenvalue weighted by Gasteiger charge is -2.41. The highest BCUT2D eigenvalue weighted by atomic mass is 16.3. The summed E-state index contributed by atoms with van der Waals surface area (Å²) in [7, 11) is 0. The Morgan fingerprint density at radius 2 is 1.65 bits per heavy atom. The van der Waals surface area contributed by atoms with Gasteiger partial charge in [-0.1, -0.05) is 24.3 Å². The number of aromatic hydroxyl groups is 1. The summed E-state index contributed by atoms with van der Waals surface area (Å²) >= 11 is 0. The van der Waals surface area contributed by atoms with E-state index in [4.69, 9.17) is 10.8 Å². The Hall–Kier alpha value is -4.77. The Labute approximate surface area is 280 Å². The van der Waals surface area contributed by atoms with Gasteiger partial charge < -0.3 is 20.6 Å². The second kappa shape index (κ2) is 12.7. The highest BCUT2D eigenvalue weighted by Gasteiger charge is 2.37. The lowest BCUT2D eigenvalue weighted by atomic mass is 9.79. The number of nitrogen functional groups attached to an aromatic ring is 1. The number of likely N-dealkylation sites (tertiary alicyclic amines) is 1. The Balaban J connectivity index is 0.876. The number of carbonyl (C=O) groups is 2. The minimum atomic E-state index is -0.250. The number of benzene rings is 2. The van der Waals surface area contributed by atoms with Crippen LogP contribution in [0.1, 0.15) is 74.5 Å². The molecule has 2 aromatic carbocycles. The van der Waals surface area contributed by atoms with Crippen molar-refractivity contribution in [2.24, 2.45) is 0 Å². The summed E-state index contributed by atoms with van der Waals surface area (Å²) in [6.07, 6.45) is 12.8. The molecule has 8 rings (SSSR count). The molecule has 11 nitrogen and oxygen atoms in total. The van der Waals surface area contributed by atoms with E-state index in [0.29, 0.717) is 47.9 Å². The molecule has 0 bridgehead atoms. The minimum absolute atomic E-state index is 0.153. The van der Waals surface area contributed by atoms with Crippen LogP contribution in [0.2, 0.25) is 0 Å². The number of phenolic OH excluding ortho intramolecular Hbond substituents is 1. The molecule has 0 spiro atoms. The molecule has 3 aliphatic heterocycles. The van der Waals surface area contributed by atoms with Gasteiger partial charge in [-0.15, -0.1) is 10.2 Å². The maximum absolute atomic E-state index is 12.6. The molecule has 5 heterocycles. The van der Waals surface area contributed by atoms with E-state index in [1.807, 2.05) is 24.4 Å². The van der Waals surface area contributed by atoms with Crippen molar-refractivity contribution in [3.05, 3.63) is 72.1 Å². The normalized spacial score (nSPS) is 23.7. The maximum atomic E-state index is 12.6. The topological polar surface area (TPSA) is 142 Å². The van der Waals surface area contributed by atoms with Crippen LogP contribution in [0.25, 0.3) is 22.4 Å². The standard InChI is InChI=1S/C37H42N8O3/c38-36-30(20-31(41-42-36)29-4-1-2-7-34(29)46)24-21-39-45(22-24)26-14-17-43(18-15-26)25-10-8-23(9-11-25)27-5-3-6-32-28(27)16-19-44(32)33-12-13-35(47)40-37(33)48/h1-7,20-23,25-26,33,46H,8-19H2,(H2,38,42)(H,40,47,48). The van der Waals surface area contributed by atoms with E-state index in [0.717, 1.165) is 50.0 Å². The molecule has 4 aromatic rings. The number of fused-ring (bicyclic) bond motifs is 1. The van der Waals surface area contributed by atoms with Gasteiger partial charge in [-0.2, -0.15) is 5.10 Å². The molecule has 2 aromatic heterocycles. The van der Waals surface area contributed by atoms with Crippen molar-refractivity contribution >= 4 is 23.3 Å². The summed E-state index contributed by atoms with van der Waals surface area (Å²) in [6.45, 7) is 2.97. The van der Waals surface area contributed by atoms with Crippen molar-refractivity contribution in [3.8, 4) is 28.1 Å². The molecular weight excluding hydrogens is 604 g/mol. The van der Waals surface area contributed by atoms with Gasteiger partial charge in [0.25, 0.3) is 0 Å². The fourth-order valence-electron chi connectivity index (χ4n) is 8.57. The zero-order chi connectivity index (χ0) is 32.8. The number of piperidine rings is 2. The predicted molar refractivity (Wildman–Crippen MR) is 183 cm³/mol. The van der Waals surface area contributed by atoms with Crippen LogP contribution in [0.5, 0.6) is 5.75 Å². The molecule has 4 N–H and O–H groups in total. The van der Waals surface area contributed by atoms with Crippen LogP contribution < -0.4 is 16.0 Å². The van der Waals surface area contributed by atoms with Crippen molar-refractivity contribution < 1.29 is 14.7 Å². The van der Waals surface area contributed by atoms with Crippen LogP contribution >= 0.6 is 0 Å². The monoisotopic (exact) mass is 646 g/mol. The fourth-order valence-corrected chi connectivity index (χ4v) is 8.57. The molecule has 1 atom stereocenters. The van der Waals surface area contributed by atoms with Gasteiger partial charge in [0.2, 0.25) is 11.8 Å². The number of amides is 2. The third-order valence-electron chi connectivity index (χ3n) is 11.1. The first kappa shape index (κ1) is 30.6. The number of carbonyl (C=O) groups excluding carboxylic acids is 2. The van der Waals surface area contributed by atoms with Crippen molar-refractivity contribution in [2.75, 3.05) is 30.3 Å². The molecule has 1 aliphatic carbocycles. The highest BCUT2D eigenvalue weighted by molar-refractivity contribution is 6.02. The Morgan fingerprint density at radius 3 is 2.44 bits per heavy atom. The highest BCUT2D eigenvalue weighted by Crippen LogP contribution is 2.43. The van der Waals surface area contributed by atoms with Crippen LogP contribution in [0.3, 0.4) is 0 Å². The molecule has 1 unspecified atom stereocenters. The first-order chi connectivity index (χ1) is 23.4. The molecule has 3 fully saturated rings. The van der Waals surface area contributed by atoms with Gasteiger partial charge in [0.05, 0.1) is 17.9 Å². The van der Waals surface area contributed by atoms with Crippen molar-refractivity contribution in [1.82, 2.24) is 30.2 Å². The number of hydrogen-bond donors (Lipinski definition) is 3. The summed E-state index contributed by atoms with van der Waals surface area (Å²) in [5.41, 5.74) is 13.1. The van der Waals surface area contributed by atoms with Gasteiger partial charge in [-0.25, -0.2) is 0 Å². The first-order valence-corrected chi connectivity index (χ1v) is 17.3. The Kier molecular flexibility index (Phi) is 8.07. The quantitative estimate of drug-likeness (QED) is 0.251. The molecule has 4 aliphatic rings. The number of anilines is 2. The van der Waals surface area contributed by atoms with E-state index in [-0.39, 0.29) is 23.6 Å². The number of imide groups is 1. The fraction of sp³-hybridized carbons (Fsp3) is 0.432. The summed E-state index contributed by atoms with van der Waals surface area (Å²) in [6, 6.07) is 16.3. The van der Waals surface area contributed by atoms with E-state index in [1.54, 1.807) is 12.1 Å². The molecule has 0 radical (unpaired) electrons. The maximum Gasteiger partial charge on any atom is 0.249 e. The molecule has 248 valence electrons. The van der Waals surface area contributed by atoms with Crippen molar-refractivity contribution in [3.63, 3.8) is 0 Å². The van der Waals surface area contributed by atoms with Gasteiger partial charge in [0.15, 0.2) is 5.82 Å². The summed E-state index contributed by atoms with van der Waals surface area (Å²) in [5.74, 6) is 0.731. The minimum Gasteiger partial charge on any atom is -0.507 e. The molecule has 11 heteroatoms. The Bertz CT molecular complexity index is 1840. The molecule has 2 saturated heterocycles. The van der Waals surface area contributed by atoms with Crippen LogP contribution in [0.15, 0.2) is 60.9 Å². The summed E-state index contributed by atoms with van der Waals surface area (Å²) in [5, 5.41) is 26.0. The van der Waals surface area contributed by atoms with Crippen LogP contribution in [0.4, 0.5) is 11.5 Å². The van der Waals surface area contributed by atoms with Crippen molar-refractivity contribution in [2.45, 2.75) is 81.8 Å². The lowest BCUT2D eigenvalue weighted by molar-refractivity contribution is -0.134. The third kappa shape index (κ3) is 5.70. The molecule has 1 saturated carbocycles. The van der Waals surface area contributed by atoms with E-state index < -0.39 is 0 Å². The molecular formula is C37H42N8O3. The van der Waals surface area contributed by atoms with Gasteiger partial charge in [-0.05, 0) is 92.7 Å². The largest absolute Gasteiger partial charge is 0.507 e. The third-order valence-corrected chi connectivity index (χ3v) is 11.1. The van der Waals surface area contributed by atoms with Gasteiger partial charge in [0, 0.05) is 60.7 Å². The SMILES string of the molecule is Nc1nnc(-c2ccccc2O)cc1-c1cnn(C2CCN(C3CCC(c4cccc5c4CCN5C4CCC(=O)NC4=O)CC3)CC2)c1. The number of rotatable bonds is 6. The van der Waals surface area contributed by atoms with E-state index in [9.17, 15) is 14.7 Å². The number of phenols is 1. The second-order valence-electron chi connectivity index (χ2n) is 13.8. The molecule has 2 amide bonds. The van der Waals surface area contributed by atoms with Crippen LogP contribution in [0, 0.1) is 0 Å². The number of nitrogens with one attached hydrogen (secondary N) is 1. The second-order valence-corrected chi connectivity index (χ2v) is 13.8. The summed E-state index contributed by atoms with van der Waals surface area (Å²) in [4.78, 5) is 29.2. The van der Waals surface area contributed by atoms with Gasteiger partial charge in [0.1, 0.15) is 11.8 Å². The van der Waals surface area contributed by atoms with E-state index >= 15 is 0 Å². The van der Waals surface area contributed by atoms with Crippen molar-refractivity contribution in [1.29, 1.82) is 0 Å². The number of para-hydroxylation sites is 1. The molecule has 48 heavy (non-hydrogen) atoms. The van der Waals surface area contributed by atoms with Crippen LogP contribution in [-0.2, 0) is 16.0 Å². The number of hydrogen-bond acceptors (Lipinski definition) is 9. The number of nitrogens with two attached hydrogens (primary N) is 1. The number of nitrogens with zero attached hydrogens (tertiary/aromatic N) is 6. The lowest BCUT2D eigenvalue weighted by Crippen LogP contribution is -2.52. The summed E-state index contributed by atoms with van der Waals surface area (Å²) < 4.78 is 2.08. The zero-order valence-corrected chi connectivity index (χ0v) is 27.1. The van der Waals surface area contributed by atoms with E-state index in [2.05, 4.69) is 54.4 Å². The van der Waals surface area contributed by atoms with Crippen LogP contribution in [-0.4, -0.2) is 73.5 Å². The smallest absolute Gasteiger partial charge is 0.249 e. The van der Waals surface area contributed by atoms with Gasteiger partial charge in [-0.3, -0.25) is 19.6 Å². The predicted octanol–water partition coefficient (Wildman–Crippen LogP) is 4.83. The zero-order valence-electron chi connectivity index (χ0n) is 27.1. The average Bonchev–Trinajstić information content (AvgIpc) is 3.78. The van der Waals surface area contributed by atoms with Gasteiger partial charge >= 0.3 is 0 Å². The van der Waals surface area contributed by atoms with E-state index in [1.165, 1.54) is 42.5 Å². The Morgan fingerprint density at radius 1 is 0.833 bits per heavy atom. The average molecular weight is 647 g/mol. The number of aromatic nitrogens is 4.